The number of nitrogens with two attached hydrogens (primary N) is 1. The Kier molecular flexibility index (Phi) is 4.09. The molecule has 2 N–H and O–H groups in total. The minimum Gasteiger partial charge on any atom is -0.493 e. The van der Waals surface area contributed by atoms with Gasteiger partial charge in [-0.1, -0.05) is 42.1 Å². The van der Waals surface area contributed by atoms with Crippen LogP contribution in [0.4, 0.5) is 0 Å². The summed E-state index contributed by atoms with van der Waals surface area (Å²) in [5.41, 5.74) is 9.50. The monoisotopic (exact) mass is 337 g/mol. The van der Waals surface area contributed by atoms with Gasteiger partial charge in [0.1, 0.15) is 5.75 Å². The second-order valence-corrected chi connectivity index (χ2v) is 7.59. The van der Waals surface area contributed by atoms with Crippen molar-refractivity contribution in [2.24, 2.45) is 11.1 Å². The first-order valence-corrected chi connectivity index (χ1v) is 8.57. The minimum atomic E-state index is 0.227. The van der Waals surface area contributed by atoms with E-state index in [2.05, 4.69) is 35.0 Å². The Morgan fingerprint density at radius 1 is 1.30 bits per heavy atom. The van der Waals surface area contributed by atoms with Crippen molar-refractivity contribution in [3.63, 3.8) is 0 Å². The first-order chi connectivity index (χ1) is 9.58. The van der Waals surface area contributed by atoms with E-state index in [0.717, 1.165) is 29.7 Å². The molecule has 1 aliphatic heterocycles. The molecule has 2 aliphatic rings. The summed E-state index contributed by atoms with van der Waals surface area (Å²) in [6.07, 6.45) is 8.52. The summed E-state index contributed by atoms with van der Waals surface area (Å²) in [5.74, 6) is 1.10. The number of fused-ring (bicyclic) bond motifs is 1. The molecule has 1 aliphatic carbocycles. The van der Waals surface area contributed by atoms with Crippen LogP contribution >= 0.6 is 15.9 Å². The van der Waals surface area contributed by atoms with Crippen molar-refractivity contribution in [1.29, 1.82) is 0 Å². The maximum Gasteiger partial charge on any atom is 0.125 e. The standard InChI is InChI=1S/C17H24BrNO/c1-17(6-3-2-4-7-17)15(19)11-13-10-14(18)9-12-5-8-20-16(12)13/h9-10,15H,2-8,11,19H2,1H3. The third-order valence-corrected chi connectivity index (χ3v) is 5.61. The number of hydrogen-bond donors (Lipinski definition) is 1. The predicted molar refractivity (Wildman–Crippen MR) is 86.2 cm³/mol. The second-order valence-electron chi connectivity index (χ2n) is 6.68. The van der Waals surface area contributed by atoms with Crippen molar-refractivity contribution in [2.45, 2.75) is 57.9 Å². The van der Waals surface area contributed by atoms with Gasteiger partial charge in [-0.15, -0.1) is 0 Å². The van der Waals surface area contributed by atoms with Crippen LogP contribution in [0.3, 0.4) is 0 Å². The SMILES string of the molecule is CC1(C(N)Cc2cc(Br)cc3c2OCC3)CCCCC1. The van der Waals surface area contributed by atoms with Crippen LogP contribution in [-0.2, 0) is 12.8 Å². The Bertz CT molecular complexity index is 494. The molecule has 1 heterocycles. The maximum absolute atomic E-state index is 6.59. The van der Waals surface area contributed by atoms with Gasteiger partial charge < -0.3 is 10.5 Å². The van der Waals surface area contributed by atoms with Crippen molar-refractivity contribution in [2.75, 3.05) is 6.61 Å². The number of ether oxygens (including phenoxy) is 1. The van der Waals surface area contributed by atoms with Gasteiger partial charge in [0.05, 0.1) is 6.61 Å². The van der Waals surface area contributed by atoms with Gasteiger partial charge in [-0.3, -0.25) is 0 Å². The molecule has 20 heavy (non-hydrogen) atoms. The molecular weight excluding hydrogens is 314 g/mol. The average molecular weight is 338 g/mol. The lowest BCUT2D eigenvalue weighted by atomic mass is 9.69. The zero-order valence-corrected chi connectivity index (χ0v) is 13.8. The molecule has 110 valence electrons. The van der Waals surface area contributed by atoms with Crippen LogP contribution in [0.25, 0.3) is 0 Å². The molecule has 0 amide bonds. The molecule has 0 saturated heterocycles. The molecule has 1 aromatic carbocycles. The number of benzene rings is 1. The summed E-state index contributed by atoms with van der Waals surface area (Å²) in [6, 6.07) is 4.60. The van der Waals surface area contributed by atoms with Crippen LogP contribution in [0.2, 0.25) is 0 Å². The number of hydrogen-bond acceptors (Lipinski definition) is 2. The summed E-state index contributed by atoms with van der Waals surface area (Å²) in [5, 5.41) is 0. The van der Waals surface area contributed by atoms with Gasteiger partial charge in [-0.05, 0) is 47.9 Å². The molecule has 1 atom stereocenters. The quantitative estimate of drug-likeness (QED) is 0.895. The molecule has 1 aromatic rings. The molecule has 3 heteroatoms. The van der Waals surface area contributed by atoms with Crippen LogP contribution in [-0.4, -0.2) is 12.6 Å². The van der Waals surface area contributed by atoms with Crippen molar-refractivity contribution >= 4 is 15.9 Å². The summed E-state index contributed by atoms with van der Waals surface area (Å²) < 4.78 is 6.98. The van der Waals surface area contributed by atoms with E-state index in [4.69, 9.17) is 10.5 Å². The van der Waals surface area contributed by atoms with Crippen LogP contribution < -0.4 is 10.5 Å². The van der Waals surface area contributed by atoms with Gasteiger partial charge in [-0.2, -0.15) is 0 Å². The van der Waals surface area contributed by atoms with E-state index in [-0.39, 0.29) is 6.04 Å². The molecule has 1 saturated carbocycles. The maximum atomic E-state index is 6.59. The van der Waals surface area contributed by atoms with Crippen LogP contribution in [0, 0.1) is 5.41 Å². The Balaban J connectivity index is 1.81. The molecular formula is C17H24BrNO. The lowest BCUT2D eigenvalue weighted by Gasteiger charge is -2.39. The van der Waals surface area contributed by atoms with E-state index >= 15 is 0 Å². The highest BCUT2D eigenvalue weighted by Crippen LogP contribution is 2.41. The molecule has 0 aromatic heterocycles. The van der Waals surface area contributed by atoms with Crippen LogP contribution in [0.1, 0.15) is 50.2 Å². The normalized spacial score (nSPS) is 22.1. The van der Waals surface area contributed by atoms with Gasteiger partial charge in [0.15, 0.2) is 0 Å². The highest BCUT2D eigenvalue weighted by atomic mass is 79.9. The molecule has 1 fully saturated rings. The summed E-state index contributed by atoms with van der Waals surface area (Å²) in [6.45, 7) is 3.18. The highest BCUT2D eigenvalue weighted by Gasteiger charge is 2.34. The van der Waals surface area contributed by atoms with E-state index in [1.807, 2.05) is 0 Å². The second kappa shape index (κ2) is 5.69. The Labute approximate surface area is 130 Å². The predicted octanol–water partition coefficient (Wildman–Crippen LogP) is 4.22. The van der Waals surface area contributed by atoms with Gasteiger partial charge in [-0.25, -0.2) is 0 Å². The third-order valence-electron chi connectivity index (χ3n) is 5.16. The van der Waals surface area contributed by atoms with Gasteiger partial charge in [0.2, 0.25) is 0 Å². The smallest absolute Gasteiger partial charge is 0.125 e. The van der Waals surface area contributed by atoms with Crippen LogP contribution in [0.15, 0.2) is 16.6 Å². The van der Waals surface area contributed by atoms with Crippen molar-refractivity contribution in [3.05, 3.63) is 27.7 Å². The molecule has 3 rings (SSSR count). The largest absolute Gasteiger partial charge is 0.493 e. The molecule has 0 spiro atoms. The Morgan fingerprint density at radius 2 is 2.05 bits per heavy atom. The van der Waals surface area contributed by atoms with Crippen LogP contribution in [0.5, 0.6) is 5.75 Å². The fourth-order valence-corrected chi connectivity index (χ4v) is 4.26. The topological polar surface area (TPSA) is 35.2 Å². The first kappa shape index (κ1) is 14.4. The molecule has 0 bridgehead atoms. The fraction of sp³-hybridized carbons (Fsp3) is 0.647. The van der Waals surface area contributed by atoms with Gasteiger partial charge in [0.25, 0.3) is 0 Å². The summed E-state index contributed by atoms with van der Waals surface area (Å²) >= 11 is 3.62. The molecule has 1 unspecified atom stereocenters. The highest BCUT2D eigenvalue weighted by molar-refractivity contribution is 9.10. The average Bonchev–Trinajstić information content (AvgIpc) is 2.87. The first-order valence-electron chi connectivity index (χ1n) is 7.78. The van der Waals surface area contributed by atoms with Crippen molar-refractivity contribution in [3.8, 4) is 5.75 Å². The zero-order valence-electron chi connectivity index (χ0n) is 12.3. The molecule has 2 nitrogen and oxygen atoms in total. The molecule has 0 radical (unpaired) electrons. The van der Waals surface area contributed by atoms with E-state index < -0.39 is 0 Å². The van der Waals surface area contributed by atoms with E-state index in [1.54, 1.807) is 0 Å². The van der Waals surface area contributed by atoms with Crippen molar-refractivity contribution < 1.29 is 4.74 Å². The van der Waals surface area contributed by atoms with E-state index in [9.17, 15) is 0 Å². The lowest BCUT2D eigenvalue weighted by molar-refractivity contribution is 0.168. The fourth-order valence-electron chi connectivity index (χ4n) is 3.71. The Hall–Kier alpha value is -0.540. The summed E-state index contributed by atoms with van der Waals surface area (Å²) in [4.78, 5) is 0. The lowest BCUT2D eigenvalue weighted by Crippen LogP contribution is -2.42. The van der Waals surface area contributed by atoms with E-state index in [0.29, 0.717) is 5.41 Å². The van der Waals surface area contributed by atoms with Gasteiger partial charge in [0, 0.05) is 16.9 Å². The zero-order chi connectivity index (χ0) is 14.2. The van der Waals surface area contributed by atoms with Gasteiger partial charge >= 0.3 is 0 Å². The minimum absolute atomic E-state index is 0.227. The third kappa shape index (κ3) is 2.75. The number of rotatable bonds is 3. The Morgan fingerprint density at radius 3 is 2.80 bits per heavy atom. The summed E-state index contributed by atoms with van der Waals surface area (Å²) in [7, 11) is 0. The number of halogens is 1. The van der Waals surface area contributed by atoms with E-state index in [1.165, 1.54) is 43.2 Å². The van der Waals surface area contributed by atoms with Crippen molar-refractivity contribution in [1.82, 2.24) is 0 Å².